The predicted molar refractivity (Wildman–Crippen MR) is 118 cm³/mol. The maximum Gasteiger partial charge on any atom is 0.303 e. The SMILES string of the molecule is O=C(O)CCCCCn1c(O)c(Cc2ccc(-c3ccc(Cl)c(Cl)c3)o2)sc1=S. The first-order valence-electron chi connectivity index (χ1n) is 9.02. The van der Waals surface area contributed by atoms with Gasteiger partial charge in [0.05, 0.1) is 14.9 Å². The molecule has 9 heteroatoms. The molecule has 3 aromatic rings. The Bertz CT molecular complexity index is 1070. The minimum absolute atomic E-state index is 0.144. The quantitative estimate of drug-likeness (QED) is 0.265. The summed E-state index contributed by atoms with van der Waals surface area (Å²) in [6, 6.07) is 9.00. The zero-order chi connectivity index (χ0) is 21.0. The minimum Gasteiger partial charge on any atom is -0.494 e. The lowest BCUT2D eigenvalue weighted by Gasteiger charge is -2.05. The Morgan fingerprint density at radius 2 is 1.93 bits per heavy atom. The molecule has 0 atom stereocenters. The molecule has 0 unspecified atom stereocenters. The van der Waals surface area contributed by atoms with Crippen molar-refractivity contribution in [1.82, 2.24) is 4.57 Å². The molecule has 0 saturated heterocycles. The summed E-state index contributed by atoms with van der Waals surface area (Å²) in [4.78, 5) is 11.3. The molecule has 2 N–H and O–H groups in total. The predicted octanol–water partition coefficient (Wildman–Crippen LogP) is 6.79. The van der Waals surface area contributed by atoms with E-state index in [4.69, 9.17) is 44.9 Å². The van der Waals surface area contributed by atoms with Gasteiger partial charge in [0.25, 0.3) is 0 Å². The third kappa shape index (κ3) is 5.63. The lowest BCUT2D eigenvalue weighted by Crippen LogP contribution is -1.99. The maximum atomic E-state index is 10.6. The topological polar surface area (TPSA) is 75.6 Å². The van der Waals surface area contributed by atoms with Crippen molar-refractivity contribution in [3.8, 4) is 17.2 Å². The van der Waals surface area contributed by atoms with Crippen molar-refractivity contribution in [2.45, 2.75) is 38.6 Å². The van der Waals surface area contributed by atoms with Crippen LogP contribution in [0.2, 0.25) is 10.0 Å². The van der Waals surface area contributed by atoms with E-state index in [0.717, 1.165) is 23.3 Å². The molecular weight excluding hydrogens is 453 g/mol. The van der Waals surface area contributed by atoms with Crippen LogP contribution in [0, 0.1) is 3.95 Å². The van der Waals surface area contributed by atoms with Gasteiger partial charge in [-0.05, 0) is 55.4 Å². The van der Waals surface area contributed by atoms with Crippen LogP contribution in [-0.2, 0) is 17.8 Å². The molecule has 0 aliphatic rings. The number of furan rings is 1. The van der Waals surface area contributed by atoms with Crippen LogP contribution in [0.5, 0.6) is 5.88 Å². The highest BCUT2D eigenvalue weighted by Gasteiger charge is 2.15. The number of thiazole rings is 1. The number of hydrogen-bond acceptors (Lipinski definition) is 5. The van der Waals surface area contributed by atoms with E-state index in [-0.39, 0.29) is 12.3 Å². The summed E-state index contributed by atoms with van der Waals surface area (Å²) in [7, 11) is 0. The number of rotatable bonds is 9. The number of unbranched alkanes of at least 4 members (excludes halogenated alkanes) is 2. The summed E-state index contributed by atoms with van der Waals surface area (Å²) in [5.41, 5.74) is 0.821. The molecule has 0 aliphatic carbocycles. The Morgan fingerprint density at radius 1 is 1.14 bits per heavy atom. The first-order chi connectivity index (χ1) is 13.8. The zero-order valence-electron chi connectivity index (χ0n) is 15.4. The summed E-state index contributed by atoms with van der Waals surface area (Å²) in [6.45, 7) is 0.563. The van der Waals surface area contributed by atoms with Crippen LogP contribution in [0.1, 0.15) is 36.3 Å². The summed E-state index contributed by atoms with van der Waals surface area (Å²) >= 11 is 18.7. The molecule has 0 amide bonds. The van der Waals surface area contributed by atoms with E-state index in [1.54, 1.807) is 16.7 Å². The van der Waals surface area contributed by atoms with E-state index < -0.39 is 5.97 Å². The van der Waals surface area contributed by atoms with Gasteiger partial charge in [0.1, 0.15) is 11.5 Å². The number of carboxylic acid groups (broad SMARTS) is 1. The van der Waals surface area contributed by atoms with Crippen LogP contribution in [0.15, 0.2) is 34.7 Å². The van der Waals surface area contributed by atoms with Gasteiger partial charge >= 0.3 is 5.97 Å². The fraction of sp³-hybridized carbons (Fsp3) is 0.300. The summed E-state index contributed by atoms with van der Waals surface area (Å²) < 4.78 is 8.19. The Morgan fingerprint density at radius 3 is 2.66 bits per heavy atom. The highest BCUT2D eigenvalue weighted by molar-refractivity contribution is 7.73. The van der Waals surface area contributed by atoms with Gasteiger partial charge < -0.3 is 14.6 Å². The molecule has 0 bridgehead atoms. The second-order valence-electron chi connectivity index (χ2n) is 6.54. The van der Waals surface area contributed by atoms with Gasteiger partial charge in [-0.3, -0.25) is 9.36 Å². The van der Waals surface area contributed by atoms with E-state index >= 15 is 0 Å². The van der Waals surface area contributed by atoms with Crippen LogP contribution < -0.4 is 0 Å². The Hall–Kier alpha value is -1.80. The van der Waals surface area contributed by atoms with Crippen molar-refractivity contribution in [3.63, 3.8) is 0 Å². The van der Waals surface area contributed by atoms with Gasteiger partial charge in [0, 0.05) is 24.9 Å². The fourth-order valence-corrected chi connectivity index (χ4v) is 4.61. The number of nitrogens with zero attached hydrogens (tertiary/aromatic N) is 1. The molecule has 2 heterocycles. The van der Waals surface area contributed by atoms with Crippen LogP contribution in [0.3, 0.4) is 0 Å². The average molecular weight is 472 g/mol. The minimum atomic E-state index is -0.791. The largest absolute Gasteiger partial charge is 0.494 e. The Labute approximate surface area is 187 Å². The van der Waals surface area contributed by atoms with E-state index in [1.165, 1.54) is 11.3 Å². The van der Waals surface area contributed by atoms with Gasteiger partial charge in [-0.1, -0.05) is 29.6 Å². The van der Waals surface area contributed by atoms with Gasteiger partial charge in [-0.2, -0.15) is 0 Å². The number of halogens is 2. The molecule has 29 heavy (non-hydrogen) atoms. The average Bonchev–Trinajstić information content (AvgIpc) is 3.23. The monoisotopic (exact) mass is 471 g/mol. The molecule has 3 rings (SSSR count). The van der Waals surface area contributed by atoms with Crippen molar-refractivity contribution in [3.05, 3.63) is 55.0 Å². The van der Waals surface area contributed by atoms with Crippen LogP contribution >= 0.6 is 46.8 Å². The normalized spacial score (nSPS) is 11.1. The summed E-state index contributed by atoms with van der Waals surface area (Å²) in [6.07, 6.45) is 2.72. The zero-order valence-corrected chi connectivity index (χ0v) is 18.5. The number of hydrogen-bond donors (Lipinski definition) is 2. The number of carbonyl (C=O) groups is 1. The maximum absolute atomic E-state index is 10.6. The second-order valence-corrected chi connectivity index (χ2v) is 9.09. The molecule has 5 nitrogen and oxygen atoms in total. The van der Waals surface area contributed by atoms with Crippen molar-refractivity contribution in [1.29, 1.82) is 0 Å². The van der Waals surface area contributed by atoms with Crippen LogP contribution in [0.4, 0.5) is 0 Å². The smallest absolute Gasteiger partial charge is 0.303 e. The number of aromatic nitrogens is 1. The lowest BCUT2D eigenvalue weighted by atomic mass is 10.2. The molecule has 0 fully saturated rings. The van der Waals surface area contributed by atoms with Gasteiger partial charge in [-0.25, -0.2) is 0 Å². The number of benzene rings is 1. The van der Waals surface area contributed by atoms with Crippen molar-refractivity contribution in [2.75, 3.05) is 0 Å². The van der Waals surface area contributed by atoms with E-state index in [2.05, 4.69) is 0 Å². The first-order valence-corrected chi connectivity index (χ1v) is 11.0. The highest BCUT2D eigenvalue weighted by Crippen LogP contribution is 2.33. The highest BCUT2D eigenvalue weighted by atomic mass is 35.5. The molecule has 0 aliphatic heterocycles. The third-order valence-electron chi connectivity index (χ3n) is 4.41. The molecular formula is C20H19Cl2NO4S2. The van der Waals surface area contributed by atoms with E-state index in [9.17, 15) is 9.90 Å². The van der Waals surface area contributed by atoms with Crippen molar-refractivity contribution in [2.24, 2.45) is 0 Å². The van der Waals surface area contributed by atoms with Crippen LogP contribution in [0.25, 0.3) is 11.3 Å². The standard InChI is InChI=1S/C20H19Cl2NO4S2/c21-14-7-5-12(10-15(14)22)16-8-6-13(27-16)11-17-19(26)23(20(28)29-17)9-3-1-2-4-18(24)25/h5-8,10,26H,1-4,9,11H2,(H,24,25). The lowest BCUT2D eigenvalue weighted by molar-refractivity contribution is -0.137. The van der Waals surface area contributed by atoms with Crippen LogP contribution in [-0.4, -0.2) is 20.7 Å². The third-order valence-corrected chi connectivity index (χ3v) is 6.59. The molecule has 0 saturated carbocycles. The molecule has 2 aromatic heterocycles. The Kier molecular flexibility index (Phi) is 7.40. The first kappa shape index (κ1) is 21.9. The fourth-order valence-electron chi connectivity index (χ4n) is 2.91. The molecule has 1 aromatic carbocycles. The second kappa shape index (κ2) is 9.80. The molecule has 154 valence electrons. The van der Waals surface area contributed by atoms with Crippen molar-refractivity contribution < 1.29 is 19.4 Å². The van der Waals surface area contributed by atoms with Crippen molar-refractivity contribution >= 4 is 52.7 Å². The Balaban J connectivity index is 1.66. The van der Waals surface area contributed by atoms with Gasteiger partial charge in [-0.15, -0.1) is 11.3 Å². The van der Waals surface area contributed by atoms with E-state index in [1.807, 2.05) is 18.2 Å². The van der Waals surface area contributed by atoms with Gasteiger partial charge in [0.2, 0.25) is 5.88 Å². The molecule has 0 spiro atoms. The number of aliphatic carboxylic acids is 1. The number of carboxylic acids is 1. The summed E-state index contributed by atoms with van der Waals surface area (Å²) in [5, 5.41) is 20.2. The summed E-state index contributed by atoms with van der Waals surface area (Å²) in [5.74, 6) is 0.720. The number of aromatic hydroxyl groups is 1. The molecule has 0 radical (unpaired) electrons. The van der Waals surface area contributed by atoms with E-state index in [0.29, 0.717) is 44.9 Å². The van der Waals surface area contributed by atoms with Gasteiger partial charge in [0.15, 0.2) is 3.95 Å².